The summed E-state index contributed by atoms with van der Waals surface area (Å²) in [5.41, 5.74) is 3.47. The van der Waals surface area contributed by atoms with Gasteiger partial charge in [0.05, 0.1) is 11.0 Å². The lowest BCUT2D eigenvalue weighted by Gasteiger charge is -2.17. The number of para-hydroxylation sites is 2. The van der Waals surface area contributed by atoms with Crippen molar-refractivity contribution in [3.63, 3.8) is 0 Å². The van der Waals surface area contributed by atoms with E-state index >= 15 is 0 Å². The molecule has 0 spiro atoms. The number of allylic oxidation sites excluding steroid dienone is 1. The van der Waals surface area contributed by atoms with E-state index in [1.807, 2.05) is 40.3 Å². The van der Waals surface area contributed by atoms with Crippen molar-refractivity contribution in [2.45, 2.75) is 46.2 Å². The van der Waals surface area contributed by atoms with Crippen molar-refractivity contribution in [3.8, 4) is 0 Å². The van der Waals surface area contributed by atoms with Crippen LogP contribution in [0, 0.1) is 0 Å². The van der Waals surface area contributed by atoms with Crippen LogP contribution in [0.3, 0.4) is 0 Å². The number of aromatic nitrogens is 5. The summed E-state index contributed by atoms with van der Waals surface area (Å²) in [5, 5.41) is 0.544. The second-order valence-corrected chi connectivity index (χ2v) is 6.80. The molecule has 0 bridgehead atoms. The molecule has 138 valence electrons. The molecular formula is C21H23N5O. The molecule has 6 heteroatoms. The monoisotopic (exact) mass is 361 g/mol. The molecule has 0 radical (unpaired) electrons. The van der Waals surface area contributed by atoms with Gasteiger partial charge in [0.15, 0.2) is 11.3 Å². The standard InChI is InChI=1S/C21H23N5O/c1-5-12-25-19-17(21(27)26(13(4)6-2)16(7-3)24-19)18-20(25)23-15-11-9-8-10-14(15)22-18/h5,8-11,13H,1,6-7,12H2,2-4H3/t13-/m1/s1. The third kappa shape index (κ3) is 2.55. The molecule has 0 unspecified atom stereocenters. The maximum absolute atomic E-state index is 13.5. The first-order valence-corrected chi connectivity index (χ1v) is 9.41. The molecule has 1 atom stereocenters. The molecule has 0 aliphatic carbocycles. The Morgan fingerprint density at radius 2 is 1.81 bits per heavy atom. The van der Waals surface area contributed by atoms with Crippen molar-refractivity contribution in [2.24, 2.45) is 0 Å². The minimum absolute atomic E-state index is 0.0383. The largest absolute Gasteiger partial charge is 0.304 e. The summed E-state index contributed by atoms with van der Waals surface area (Å²) >= 11 is 0. The zero-order valence-corrected chi connectivity index (χ0v) is 15.9. The Labute approximate surface area is 157 Å². The minimum atomic E-state index is -0.0383. The zero-order valence-electron chi connectivity index (χ0n) is 15.9. The summed E-state index contributed by atoms with van der Waals surface area (Å²) in [4.78, 5) is 27.9. The van der Waals surface area contributed by atoms with Crippen LogP contribution in [-0.2, 0) is 13.0 Å². The molecule has 1 aromatic carbocycles. The summed E-state index contributed by atoms with van der Waals surface area (Å²) in [5.74, 6) is 0.791. The number of rotatable bonds is 5. The third-order valence-electron chi connectivity index (χ3n) is 5.13. The van der Waals surface area contributed by atoms with E-state index in [0.29, 0.717) is 35.2 Å². The van der Waals surface area contributed by atoms with Crippen molar-refractivity contribution in [2.75, 3.05) is 0 Å². The predicted molar refractivity (Wildman–Crippen MR) is 109 cm³/mol. The van der Waals surface area contributed by atoms with E-state index in [1.54, 1.807) is 6.08 Å². The maximum Gasteiger partial charge on any atom is 0.265 e. The van der Waals surface area contributed by atoms with E-state index in [2.05, 4.69) is 20.4 Å². The molecular weight excluding hydrogens is 338 g/mol. The van der Waals surface area contributed by atoms with Crippen LogP contribution < -0.4 is 5.56 Å². The van der Waals surface area contributed by atoms with E-state index in [-0.39, 0.29) is 11.6 Å². The fourth-order valence-electron chi connectivity index (χ4n) is 3.60. The Kier molecular flexibility index (Phi) is 4.26. The topological polar surface area (TPSA) is 65.6 Å². The molecule has 6 nitrogen and oxygen atoms in total. The lowest BCUT2D eigenvalue weighted by Crippen LogP contribution is -2.28. The van der Waals surface area contributed by atoms with Gasteiger partial charge in [0, 0.05) is 19.0 Å². The Bertz CT molecular complexity index is 1230. The predicted octanol–water partition coefficient (Wildman–Crippen LogP) is 4.01. The number of fused-ring (bicyclic) bond motifs is 4. The Hall–Kier alpha value is -3.02. The van der Waals surface area contributed by atoms with Gasteiger partial charge in [-0.25, -0.2) is 15.0 Å². The van der Waals surface area contributed by atoms with Gasteiger partial charge in [-0.15, -0.1) is 6.58 Å². The molecule has 3 heterocycles. The quantitative estimate of drug-likeness (QED) is 0.504. The van der Waals surface area contributed by atoms with Gasteiger partial charge in [-0.1, -0.05) is 32.1 Å². The number of benzene rings is 1. The van der Waals surface area contributed by atoms with Crippen molar-refractivity contribution in [1.82, 2.24) is 24.1 Å². The normalized spacial score (nSPS) is 12.9. The van der Waals surface area contributed by atoms with Crippen molar-refractivity contribution in [1.29, 1.82) is 0 Å². The molecule has 4 aromatic rings. The van der Waals surface area contributed by atoms with E-state index in [4.69, 9.17) is 15.0 Å². The summed E-state index contributed by atoms with van der Waals surface area (Å²) in [6.07, 6.45) is 3.34. The zero-order chi connectivity index (χ0) is 19.1. The molecule has 27 heavy (non-hydrogen) atoms. The first kappa shape index (κ1) is 17.4. The van der Waals surface area contributed by atoms with Gasteiger partial charge >= 0.3 is 0 Å². The highest BCUT2D eigenvalue weighted by molar-refractivity contribution is 6.04. The highest BCUT2D eigenvalue weighted by atomic mass is 16.1. The number of nitrogens with zero attached hydrogens (tertiary/aromatic N) is 5. The summed E-state index contributed by atoms with van der Waals surface area (Å²) in [7, 11) is 0. The average Bonchev–Trinajstić information content (AvgIpc) is 2.98. The van der Waals surface area contributed by atoms with Gasteiger partial charge in [0.2, 0.25) is 0 Å². The molecule has 0 amide bonds. The minimum Gasteiger partial charge on any atom is -0.304 e. The number of hydrogen-bond acceptors (Lipinski definition) is 4. The van der Waals surface area contributed by atoms with Gasteiger partial charge in [0.25, 0.3) is 5.56 Å². The van der Waals surface area contributed by atoms with E-state index in [1.165, 1.54) is 0 Å². The molecule has 0 saturated heterocycles. The van der Waals surface area contributed by atoms with E-state index in [9.17, 15) is 4.79 Å². The lowest BCUT2D eigenvalue weighted by atomic mass is 10.2. The van der Waals surface area contributed by atoms with Gasteiger partial charge in [-0.2, -0.15) is 0 Å². The van der Waals surface area contributed by atoms with Crippen LogP contribution in [-0.4, -0.2) is 24.1 Å². The average molecular weight is 361 g/mol. The van der Waals surface area contributed by atoms with Crippen molar-refractivity contribution in [3.05, 3.63) is 53.1 Å². The first-order chi connectivity index (χ1) is 13.1. The fourth-order valence-corrected chi connectivity index (χ4v) is 3.60. The van der Waals surface area contributed by atoms with Gasteiger partial charge in [-0.3, -0.25) is 9.36 Å². The van der Waals surface area contributed by atoms with Crippen molar-refractivity contribution >= 4 is 33.2 Å². The Morgan fingerprint density at radius 3 is 2.44 bits per heavy atom. The van der Waals surface area contributed by atoms with Crippen LogP contribution in [0.2, 0.25) is 0 Å². The molecule has 0 aliphatic rings. The van der Waals surface area contributed by atoms with E-state index < -0.39 is 0 Å². The van der Waals surface area contributed by atoms with Crippen LogP contribution >= 0.6 is 0 Å². The molecule has 4 rings (SSSR count). The molecule has 0 fully saturated rings. The fraction of sp³-hybridized carbons (Fsp3) is 0.333. The third-order valence-corrected chi connectivity index (χ3v) is 5.13. The number of aryl methyl sites for hydroxylation is 1. The van der Waals surface area contributed by atoms with Gasteiger partial charge in [0.1, 0.15) is 16.7 Å². The lowest BCUT2D eigenvalue weighted by molar-refractivity contribution is 0.488. The highest BCUT2D eigenvalue weighted by Crippen LogP contribution is 2.26. The van der Waals surface area contributed by atoms with Crippen LogP contribution in [0.4, 0.5) is 0 Å². The first-order valence-electron chi connectivity index (χ1n) is 9.41. The highest BCUT2D eigenvalue weighted by Gasteiger charge is 2.22. The van der Waals surface area contributed by atoms with E-state index in [0.717, 1.165) is 23.3 Å². The molecule has 0 N–H and O–H groups in total. The van der Waals surface area contributed by atoms with Crippen molar-refractivity contribution < 1.29 is 0 Å². The summed E-state index contributed by atoms with van der Waals surface area (Å²) < 4.78 is 3.76. The Morgan fingerprint density at radius 1 is 1.11 bits per heavy atom. The second-order valence-electron chi connectivity index (χ2n) is 6.80. The Balaban J connectivity index is 2.24. The smallest absolute Gasteiger partial charge is 0.265 e. The molecule has 0 saturated carbocycles. The molecule has 0 aliphatic heterocycles. The maximum atomic E-state index is 13.5. The van der Waals surface area contributed by atoms with Crippen LogP contribution in [0.15, 0.2) is 41.7 Å². The van der Waals surface area contributed by atoms with Crippen LogP contribution in [0.1, 0.15) is 39.1 Å². The SMILES string of the molecule is C=CCn1c2nc3ccccc3nc2c2c(=O)n([C@H](C)CC)c(CC)nc21. The second kappa shape index (κ2) is 6.61. The van der Waals surface area contributed by atoms with Crippen LogP contribution in [0.25, 0.3) is 33.2 Å². The van der Waals surface area contributed by atoms with Gasteiger partial charge in [-0.05, 0) is 25.5 Å². The van der Waals surface area contributed by atoms with Crippen LogP contribution in [0.5, 0.6) is 0 Å². The van der Waals surface area contributed by atoms with Gasteiger partial charge < -0.3 is 4.57 Å². The summed E-state index contributed by atoms with van der Waals surface area (Å²) in [6.45, 7) is 10.5. The summed E-state index contributed by atoms with van der Waals surface area (Å²) in [6, 6.07) is 7.79. The molecule has 3 aromatic heterocycles. The number of hydrogen-bond donors (Lipinski definition) is 0.